The molecule has 0 saturated carbocycles. The van der Waals surface area contributed by atoms with E-state index in [0.29, 0.717) is 28.5 Å². The van der Waals surface area contributed by atoms with Gasteiger partial charge in [0.2, 0.25) is 5.91 Å². The minimum atomic E-state index is -0.139. The molecule has 32 heavy (non-hydrogen) atoms. The highest BCUT2D eigenvalue weighted by Gasteiger charge is 2.19. The summed E-state index contributed by atoms with van der Waals surface area (Å²) in [6, 6.07) is 11.5. The van der Waals surface area contributed by atoms with E-state index in [0.717, 1.165) is 27.7 Å². The van der Waals surface area contributed by atoms with Crippen LogP contribution in [0.3, 0.4) is 0 Å². The largest absolute Gasteiger partial charge is 0.497 e. The first-order valence-electron chi connectivity index (χ1n) is 10.4. The standard InChI is InChI=1S/C24H26N4O3S/c1-6-28-23(30)22-21(17-12-16(31-5)10-11-19(17)27(22)4)26-24(28)32-13-20(29)25-18-9-7-8-14(2)15(18)3/h7-12H,6,13H2,1-5H3,(H,25,29). The summed E-state index contributed by atoms with van der Waals surface area (Å²) >= 11 is 1.27. The average molecular weight is 451 g/mol. The van der Waals surface area contributed by atoms with Gasteiger partial charge in [0, 0.05) is 24.7 Å². The quantitative estimate of drug-likeness (QED) is 0.351. The Morgan fingerprint density at radius 1 is 1.22 bits per heavy atom. The molecular weight excluding hydrogens is 424 g/mol. The number of ether oxygens (including phenoxy) is 1. The van der Waals surface area contributed by atoms with Gasteiger partial charge in [-0.3, -0.25) is 14.2 Å². The van der Waals surface area contributed by atoms with Gasteiger partial charge in [-0.15, -0.1) is 0 Å². The van der Waals surface area contributed by atoms with Gasteiger partial charge in [-0.1, -0.05) is 23.9 Å². The van der Waals surface area contributed by atoms with Crippen LogP contribution in [0.25, 0.3) is 21.9 Å². The Kier molecular flexibility index (Phi) is 5.97. The van der Waals surface area contributed by atoms with Gasteiger partial charge in [-0.25, -0.2) is 4.98 Å². The number of benzene rings is 2. The summed E-state index contributed by atoms with van der Waals surface area (Å²) in [6.45, 7) is 6.36. The molecular formula is C24H26N4O3S. The van der Waals surface area contributed by atoms with E-state index in [9.17, 15) is 9.59 Å². The lowest BCUT2D eigenvalue weighted by Crippen LogP contribution is -2.24. The number of fused-ring (bicyclic) bond motifs is 3. The van der Waals surface area contributed by atoms with Crippen LogP contribution < -0.4 is 15.6 Å². The maximum atomic E-state index is 13.3. The van der Waals surface area contributed by atoms with E-state index in [2.05, 4.69) is 5.32 Å². The molecule has 7 nitrogen and oxygen atoms in total. The normalized spacial score (nSPS) is 11.3. The molecule has 2 aromatic heterocycles. The minimum Gasteiger partial charge on any atom is -0.497 e. The van der Waals surface area contributed by atoms with Crippen LogP contribution in [0.2, 0.25) is 0 Å². The Hall–Kier alpha value is -3.26. The number of aromatic nitrogens is 3. The molecule has 4 rings (SSSR count). The van der Waals surface area contributed by atoms with Crippen LogP contribution in [-0.4, -0.2) is 32.9 Å². The molecule has 0 aliphatic heterocycles. The van der Waals surface area contributed by atoms with Crippen molar-refractivity contribution in [3.8, 4) is 5.75 Å². The lowest BCUT2D eigenvalue weighted by molar-refractivity contribution is -0.113. The first-order valence-corrected chi connectivity index (χ1v) is 11.4. The highest BCUT2D eigenvalue weighted by Crippen LogP contribution is 2.30. The summed E-state index contributed by atoms with van der Waals surface area (Å²) in [5.74, 6) is 0.716. The monoisotopic (exact) mass is 450 g/mol. The van der Waals surface area contributed by atoms with E-state index < -0.39 is 0 Å². The number of nitrogens with one attached hydrogen (secondary N) is 1. The molecule has 2 aromatic carbocycles. The maximum Gasteiger partial charge on any atom is 0.278 e. The van der Waals surface area contributed by atoms with Crippen molar-refractivity contribution >= 4 is 45.3 Å². The predicted molar refractivity (Wildman–Crippen MR) is 130 cm³/mol. The van der Waals surface area contributed by atoms with Crippen LogP contribution in [0.1, 0.15) is 18.1 Å². The SMILES string of the molecule is CCn1c(SCC(=O)Nc2cccc(C)c2C)nc2c3cc(OC)ccc3n(C)c2c1=O. The number of carbonyl (C=O) groups is 1. The lowest BCUT2D eigenvalue weighted by atomic mass is 10.1. The predicted octanol–water partition coefficient (Wildman–Crippen LogP) is 4.26. The number of methoxy groups -OCH3 is 1. The van der Waals surface area contributed by atoms with Gasteiger partial charge in [0.05, 0.1) is 18.4 Å². The summed E-state index contributed by atoms with van der Waals surface area (Å²) in [7, 11) is 3.48. The summed E-state index contributed by atoms with van der Waals surface area (Å²) in [4.78, 5) is 30.7. The van der Waals surface area contributed by atoms with Gasteiger partial charge < -0.3 is 14.6 Å². The van der Waals surface area contributed by atoms with Crippen molar-refractivity contribution in [2.75, 3.05) is 18.2 Å². The molecule has 0 spiro atoms. The molecule has 166 valence electrons. The van der Waals surface area contributed by atoms with Crippen molar-refractivity contribution in [3.63, 3.8) is 0 Å². The van der Waals surface area contributed by atoms with Crippen molar-refractivity contribution in [3.05, 3.63) is 57.9 Å². The first-order chi connectivity index (χ1) is 15.3. The van der Waals surface area contributed by atoms with E-state index in [-0.39, 0.29) is 17.2 Å². The smallest absolute Gasteiger partial charge is 0.278 e. The summed E-state index contributed by atoms with van der Waals surface area (Å²) < 4.78 is 8.85. The second-order valence-electron chi connectivity index (χ2n) is 7.67. The average Bonchev–Trinajstić information content (AvgIpc) is 3.07. The number of nitrogens with zero attached hydrogens (tertiary/aromatic N) is 3. The fourth-order valence-electron chi connectivity index (χ4n) is 3.85. The molecule has 0 atom stereocenters. The number of anilines is 1. The van der Waals surface area contributed by atoms with E-state index >= 15 is 0 Å². The molecule has 1 amide bonds. The molecule has 0 saturated heterocycles. The molecule has 1 N–H and O–H groups in total. The number of carbonyl (C=O) groups excluding carboxylic acids is 1. The van der Waals surface area contributed by atoms with Gasteiger partial charge in [0.15, 0.2) is 5.16 Å². The van der Waals surface area contributed by atoms with Crippen LogP contribution in [0.5, 0.6) is 5.75 Å². The minimum absolute atomic E-state index is 0.118. The number of hydrogen-bond acceptors (Lipinski definition) is 5. The maximum absolute atomic E-state index is 13.3. The van der Waals surface area contributed by atoms with E-state index in [1.54, 1.807) is 11.7 Å². The van der Waals surface area contributed by atoms with Gasteiger partial charge >= 0.3 is 0 Å². The van der Waals surface area contributed by atoms with E-state index in [1.165, 1.54) is 11.8 Å². The first kappa shape index (κ1) is 22.0. The molecule has 0 aliphatic rings. The van der Waals surface area contributed by atoms with Crippen LogP contribution in [-0.2, 0) is 18.4 Å². The van der Waals surface area contributed by atoms with Crippen LogP contribution in [0, 0.1) is 13.8 Å². The Morgan fingerprint density at radius 2 is 2.00 bits per heavy atom. The van der Waals surface area contributed by atoms with Crippen molar-refractivity contribution in [2.24, 2.45) is 7.05 Å². The van der Waals surface area contributed by atoms with Crippen molar-refractivity contribution in [2.45, 2.75) is 32.5 Å². The third-order valence-corrected chi connectivity index (χ3v) is 6.77. The molecule has 0 unspecified atom stereocenters. The third kappa shape index (κ3) is 3.75. The van der Waals surface area contributed by atoms with Crippen molar-refractivity contribution < 1.29 is 9.53 Å². The lowest BCUT2D eigenvalue weighted by Gasteiger charge is -2.12. The molecule has 2 heterocycles. The Morgan fingerprint density at radius 3 is 2.72 bits per heavy atom. The van der Waals surface area contributed by atoms with Crippen LogP contribution >= 0.6 is 11.8 Å². The van der Waals surface area contributed by atoms with Gasteiger partial charge in [-0.2, -0.15) is 0 Å². The molecule has 0 aliphatic carbocycles. The summed E-state index contributed by atoms with van der Waals surface area (Å²) in [5.41, 5.74) is 4.91. The van der Waals surface area contributed by atoms with Gasteiger partial charge in [-0.05, 0) is 56.2 Å². The zero-order chi connectivity index (χ0) is 23.0. The number of amides is 1. The van der Waals surface area contributed by atoms with Gasteiger partial charge in [0.25, 0.3) is 5.56 Å². The topological polar surface area (TPSA) is 78.2 Å². The van der Waals surface area contributed by atoms with Crippen LogP contribution in [0.4, 0.5) is 5.69 Å². The molecule has 0 fully saturated rings. The second-order valence-corrected chi connectivity index (χ2v) is 8.61. The fraction of sp³-hybridized carbons (Fsp3) is 0.292. The summed E-state index contributed by atoms with van der Waals surface area (Å²) in [6.07, 6.45) is 0. The number of thioether (sulfide) groups is 1. The fourth-order valence-corrected chi connectivity index (χ4v) is 4.71. The molecule has 8 heteroatoms. The number of rotatable bonds is 6. The molecule has 0 bridgehead atoms. The number of aryl methyl sites for hydroxylation is 2. The Balaban J connectivity index is 1.70. The Bertz CT molecular complexity index is 1400. The highest BCUT2D eigenvalue weighted by molar-refractivity contribution is 7.99. The van der Waals surface area contributed by atoms with E-state index in [1.807, 2.05) is 68.8 Å². The highest BCUT2D eigenvalue weighted by atomic mass is 32.2. The molecule has 4 aromatic rings. The third-order valence-electron chi connectivity index (χ3n) is 5.79. The van der Waals surface area contributed by atoms with E-state index in [4.69, 9.17) is 9.72 Å². The zero-order valence-electron chi connectivity index (χ0n) is 18.9. The van der Waals surface area contributed by atoms with Crippen molar-refractivity contribution in [1.82, 2.24) is 14.1 Å². The van der Waals surface area contributed by atoms with Crippen molar-refractivity contribution in [1.29, 1.82) is 0 Å². The Labute approximate surface area is 190 Å². The summed E-state index contributed by atoms with van der Waals surface area (Å²) in [5, 5.41) is 4.34. The van der Waals surface area contributed by atoms with Gasteiger partial charge in [0.1, 0.15) is 16.8 Å². The second kappa shape index (κ2) is 8.70. The zero-order valence-corrected chi connectivity index (χ0v) is 19.7. The molecule has 0 radical (unpaired) electrons. The number of hydrogen-bond donors (Lipinski definition) is 1. The van der Waals surface area contributed by atoms with Crippen LogP contribution in [0.15, 0.2) is 46.3 Å².